The Bertz CT molecular complexity index is 1950. The van der Waals surface area contributed by atoms with Crippen LogP contribution in [0.25, 0.3) is 27.2 Å². The second-order valence-corrected chi connectivity index (χ2v) is 16.1. The Hall–Kier alpha value is -3.81. The molecule has 8 heteroatoms. The van der Waals surface area contributed by atoms with Gasteiger partial charge >= 0.3 is 5.97 Å². The van der Waals surface area contributed by atoms with Crippen LogP contribution in [0, 0.1) is 11.7 Å². The average molecular weight is 760 g/mol. The van der Waals surface area contributed by atoms with E-state index in [4.69, 9.17) is 21.1 Å². The molecule has 0 saturated heterocycles. The Morgan fingerprint density at radius 1 is 1.02 bits per heavy atom. The number of likely N-dealkylation sites (N-methyl/N-ethyl adjacent to an activating group) is 1. The van der Waals surface area contributed by atoms with Crippen LogP contribution in [0.2, 0.25) is 5.02 Å². The molecule has 1 aliphatic rings. The van der Waals surface area contributed by atoms with Gasteiger partial charge < -0.3 is 24.3 Å². The molecular formula is C46H63ClFN3O3. The highest BCUT2D eigenvalue weighted by molar-refractivity contribution is 6.34. The van der Waals surface area contributed by atoms with E-state index >= 15 is 0 Å². The van der Waals surface area contributed by atoms with E-state index in [2.05, 4.69) is 75.5 Å². The summed E-state index contributed by atoms with van der Waals surface area (Å²) < 4.78 is 28.4. The molecule has 0 radical (unpaired) electrons. The molecule has 0 amide bonds. The van der Waals surface area contributed by atoms with Gasteiger partial charge in [-0.05, 0) is 133 Å². The molecule has 54 heavy (non-hydrogen) atoms. The number of esters is 1. The zero-order chi connectivity index (χ0) is 39.6. The van der Waals surface area contributed by atoms with Gasteiger partial charge in [0.2, 0.25) is 0 Å². The number of hydrogen-bond donors (Lipinski definition) is 1. The molecule has 5 rings (SSSR count). The van der Waals surface area contributed by atoms with Crippen molar-refractivity contribution in [3.63, 3.8) is 0 Å². The van der Waals surface area contributed by atoms with Gasteiger partial charge in [-0.2, -0.15) is 0 Å². The Kier molecular flexibility index (Phi) is 15.6. The summed E-state index contributed by atoms with van der Waals surface area (Å²) in [5, 5.41) is 6.62. The molecule has 1 N–H and O–H groups in total. The van der Waals surface area contributed by atoms with Crippen LogP contribution in [0.1, 0.15) is 116 Å². The highest BCUT2D eigenvalue weighted by Gasteiger charge is 2.31. The van der Waals surface area contributed by atoms with E-state index in [0.717, 1.165) is 63.5 Å². The summed E-state index contributed by atoms with van der Waals surface area (Å²) in [5.41, 5.74) is 6.25. The molecule has 0 spiro atoms. The van der Waals surface area contributed by atoms with Gasteiger partial charge in [0.25, 0.3) is 0 Å². The van der Waals surface area contributed by atoms with Gasteiger partial charge in [0.15, 0.2) is 0 Å². The number of nitrogens with one attached hydrogen (secondary N) is 1. The number of nitrogens with zero attached hydrogens (tertiary/aromatic N) is 2. The van der Waals surface area contributed by atoms with Crippen LogP contribution in [-0.4, -0.2) is 54.3 Å². The first kappa shape index (κ1) is 42.9. The van der Waals surface area contributed by atoms with Crippen molar-refractivity contribution in [3.05, 3.63) is 93.5 Å². The van der Waals surface area contributed by atoms with Crippen molar-refractivity contribution in [2.24, 2.45) is 5.92 Å². The third kappa shape index (κ3) is 10.7. The van der Waals surface area contributed by atoms with Crippen LogP contribution in [0.5, 0.6) is 5.75 Å². The molecule has 0 fully saturated rings. The van der Waals surface area contributed by atoms with Gasteiger partial charge in [0, 0.05) is 47.7 Å². The summed E-state index contributed by atoms with van der Waals surface area (Å²) in [5.74, 6) is 0.595. The highest BCUT2D eigenvalue weighted by atomic mass is 35.5. The van der Waals surface area contributed by atoms with Gasteiger partial charge in [-0.3, -0.25) is 0 Å². The van der Waals surface area contributed by atoms with Gasteiger partial charge in [-0.15, -0.1) is 0 Å². The smallest absolute Gasteiger partial charge is 0.355 e. The van der Waals surface area contributed by atoms with Gasteiger partial charge in [0.1, 0.15) is 22.9 Å². The standard InChI is InChI=1S/C40H48ClFN2O3.C6H15N/c1-9-25(2)19-22-44-37-32(17-18-33(41)36(37)35-26(3)20-21-43(8)27(35)4)31(38(44)39(45)47-40(5,6)7)13-11-23-46-34-14-10-12-28-24-29(42)15-16-30(28)34;1-3-5-7-6-4-2/h10,12,14-18,20,24-25H,9,11,13,19,21-23H2,1-8H3;7H,3-6H2,1-2H3. The monoisotopic (exact) mass is 759 g/mol. The van der Waals surface area contributed by atoms with E-state index < -0.39 is 5.60 Å². The third-order valence-corrected chi connectivity index (χ3v) is 10.5. The highest BCUT2D eigenvalue weighted by Crippen LogP contribution is 2.43. The maximum absolute atomic E-state index is 14.2. The molecule has 3 aromatic carbocycles. The fraction of sp³-hybridized carbons (Fsp3) is 0.500. The topological polar surface area (TPSA) is 55.7 Å². The van der Waals surface area contributed by atoms with Crippen molar-refractivity contribution < 1.29 is 18.7 Å². The molecule has 2 heterocycles. The lowest BCUT2D eigenvalue weighted by Gasteiger charge is -2.29. The first-order valence-corrected chi connectivity index (χ1v) is 20.3. The van der Waals surface area contributed by atoms with Crippen molar-refractivity contribution >= 4 is 44.8 Å². The second kappa shape index (κ2) is 19.7. The minimum Gasteiger partial charge on any atom is -0.493 e. The molecule has 1 aliphatic heterocycles. The number of halogens is 2. The average Bonchev–Trinajstić information content (AvgIpc) is 3.44. The van der Waals surface area contributed by atoms with Crippen molar-refractivity contribution in [3.8, 4) is 5.75 Å². The van der Waals surface area contributed by atoms with Crippen LogP contribution in [0.15, 0.2) is 65.9 Å². The van der Waals surface area contributed by atoms with Crippen LogP contribution in [0.4, 0.5) is 4.39 Å². The summed E-state index contributed by atoms with van der Waals surface area (Å²) in [7, 11) is 2.10. The molecule has 4 aromatic rings. The number of aromatic nitrogens is 1. The lowest BCUT2D eigenvalue weighted by Crippen LogP contribution is -2.26. The predicted molar refractivity (Wildman–Crippen MR) is 226 cm³/mol. The number of ether oxygens (including phenoxy) is 2. The molecule has 0 saturated carbocycles. The summed E-state index contributed by atoms with van der Waals surface area (Å²) >= 11 is 7.12. The number of carbonyl (C=O) groups is 1. The van der Waals surface area contributed by atoms with Gasteiger partial charge in [-0.25, -0.2) is 9.18 Å². The molecule has 0 bridgehead atoms. The fourth-order valence-corrected chi connectivity index (χ4v) is 7.20. The van der Waals surface area contributed by atoms with Crippen molar-refractivity contribution in [2.75, 3.05) is 33.3 Å². The number of carbonyl (C=O) groups excluding carboxylic acids is 1. The van der Waals surface area contributed by atoms with Crippen LogP contribution in [0.3, 0.4) is 0 Å². The van der Waals surface area contributed by atoms with Crippen LogP contribution >= 0.6 is 11.6 Å². The predicted octanol–water partition coefficient (Wildman–Crippen LogP) is 12.0. The fourth-order valence-electron chi connectivity index (χ4n) is 6.95. The number of fused-ring (bicyclic) bond motifs is 2. The van der Waals surface area contributed by atoms with Gasteiger partial charge in [-0.1, -0.05) is 70.0 Å². The Labute approximate surface area is 328 Å². The summed E-state index contributed by atoms with van der Waals surface area (Å²) in [6.07, 6.45) is 7.97. The Balaban J connectivity index is 0.000000845. The number of hydrogen-bond acceptors (Lipinski definition) is 5. The zero-order valence-electron chi connectivity index (χ0n) is 34.4. The van der Waals surface area contributed by atoms with E-state index in [0.29, 0.717) is 48.4 Å². The van der Waals surface area contributed by atoms with E-state index in [-0.39, 0.29) is 11.8 Å². The molecule has 1 atom stereocenters. The molecular weight excluding hydrogens is 697 g/mol. The van der Waals surface area contributed by atoms with Crippen molar-refractivity contribution in [2.45, 2.75) is 113 Å². The van der Waals surface area contributed by atoms with Crippen LogP contribution < -0.4 is 10.1 Å². The Morgan fingerprint density at radius 2 is 1.72 bits per heavy atom. The lowest BCUT2D eigenvalue weighted by molar-refractivity contribution is 0.00563. The minimum absolute atomic E-state index is 0.273. The molecule has 6 nitrogen and oxygen atoms in total. The Morgan fingerprint density at radius 3 is 2.39 bits per heavy atom. The minimum atomic E-state index is -0.658. The number of aryl methyl sites for hydroxylation is 2. The lowest BCUT2D eigenvalue weighted by atomic mass is 9.91. The van der Waals surface area contributed by atoms with Crippen LogP contribution in [-0.2, 0) is 17.7 Å². The summed E-state index contributed by atoms with van der Waals surface area (Å²) in [4.78, 5) is 16.4. The number of benzene rings is 3. The quantitative estimate of drug-likeness (QED) is 0.0966. The normalized spacial score (nSPS) is 13.9. The molecule has 294 valence electrons. The molecule has 0 aliphatic carbocycles. The zero-order valence-corrected chi connectivity index (χ0v) is 35.2. The molecule has 1 aromatic heterocycles. The first-order chi connectivity index (χ1) is 25.7. The van der Waals surface area contributed by atoms with E-state index in [1.165, 1.54) is 43.6 Å². The van der Waals surface area contributed by atoms with Crippen molar-refractivity contribution in [1.82, 2.24) is 14.8 Å². The SMILES string of the molecule is CCC(C)CCn1c(C(=O)OC(C)(C)C)c(CCCOc2cccc3cc(F)ccc23)c2ccc(Cl)c(C3=C(C)N(C)CC=C3C)c21.CCCNCCC. The van der Waals surface area contributed by atoms with E-state index in [1.54, 1.807) is 6.07 Å². The van der Waals surface area contributed by atoms with E-state index in [1.807, 2.05) is 45.0 Å². The molecule has 1 unspecified atom stereocenters. The third-order valence-electron chi connectivity index (χ3n) is 10.1. The second-order valence-electron chi connectivity index (χ2n) is 15.7. The first-order valence-electron chi connectivity index (χ1n) is 19.9. The van der Waals surface area contributed by atoms with E-state index in [9.17, 15) is 9.18 Å². The van der Waals surface area contributed by atoms with Crippen molar-refractivity contribution in [1.29, 1.82) is 0 Å². The maximum Gasteiger partial charge on any atom is 0.355 e. The number of rotatable bonds is 15. The van der Waals surface area contributed by atoms with Gasteiger partial charge in [0.05, 0.1) is 17.1 Å². The summed E-state index contributed by atoms with van der Waals surface area (Å²) in [6.45, 7) is 23.1. The largest absolute Gasteiger partial charge is 0.493 e. The summed E-state index contributed by atoms with van der Waals surface area (Å²) in [6, 6.07) is 14.4. The number of allylic oxidation sites excluding steroid dienone is 3. The maximum atomic E-state index is 14.2.